The van der Waals surface area contributed by atoms with Crippen LogP contribution in [0, 0.1) is 0 Å². The first kappa shape index (κ1) is 27.3. The van der Waals surface area contributed by atoms with Crippen LogP contribution < -0.4 is 15.4 Å². The molecule has 0 saturated carbocycles. The van der Waals surface area contributed by atoms with E-state index in [9.17, 15) is 18.0 Å². The molecule has 176 valence electrons. The highest BCUT2D eigenvalue weighted by atomic mass is 127. The predicted molar refractivity (Wildman–Crippen MR) is 125 cm³/mol. The number of piperazine rings is 1. The molecule has 0 aromatic heterocycles. The van der Waals surface area contributed by atoms with Crippen LogP contribution in [0.3, 0.4) is 0 Å². The maximum absolute atomic E-state index is 13.0. The van der Waals surface area contributed by atoms with Gasteiger partial charge in [-0.05, 0) is 26.0 Å². The van der Waals surface area contributed by atoms with Gasteiger partial charge in [0.2, 0.25) is 5.91 Å². The van der Waals surface area contributed by atoms with Crippen molar-refractivity contribution in [2.24, 2.45) is 4.99 Å². The molecule has 1 aromatic rings. The van der Waals surface area contributed by atoms with E-state index in [2.05, 4.69) is 25.4 Å². The van der Waals surface area contributed by atoms with Gasteiger partial charge in [-0.3, -0.25) is 14.7 Å². The van der Waals surface area contributed by atoms with Crippen molar-refractivity contribution < 1.29 is 22.7 Å². The molecule has 1 fully saturated rings. The van der Waals surface area contributed by atoms with Gasteiger partial charge in [0.1, 0.15) is 12.4 Å². The van der Waals surface area contributed by atoms with Crippen molar-refractivity contribution in [2.45, 2.75) is 26.1 Å². The molecule has 2 N–H and O–H groups in total. The number of carbonyl (C=O) groups excluding carboxylic acids is 1. The Morgan fingerprint density at radius 1 is 1.19 bits per heavy atom. The van der Waals surface area contributed by atoms with Crippen molar-refractivity contribution in [1.29, 1.82) is 0 Å². The van der Waals surface area contributed by atoms with Gasteiger partial charge in [0.05, 0.1) is 18.7 Å². The number of nitrogens with one attached hydrogen (secondary N) is 2. The van der Waals surface area contributed by atoms with Crippen molar-refractivity contribution >= 4 is 35.8 Å². The number of hydrogen-bond acceptors (Lipinski definition) is 4. The minimum absolute atomic E-state index is 0. The second-order valence-electron chi connectivity index (χ2n) is 7.30. The Kier molecular flexibility index (Phi) is 11.4. The van der Waals surface area contributed by atoms with E-state index in [4.69, 9.17) is 4.74 Å². The SMILES string of the molecule is CN=C(NCCOc1ccccc1C(F)(F)F)N1CCN(CC(=O)NC(C)C)CC1.I. The average Bonchev–Trinajstić information content (AvgIpc) is 2.68. The Balaban J connectivity index is 0.00000480. The number of ether oxygens (including phenoxy) is 1. The molecule has 1 aliphatic rings. The summed E-state index contributed by atoms with van der Waals surface area (Å²) in [6.45, 7) is 7.46. The molecular weight excluding hydrogens is 526 g/mol. The molecule has 2 rings (SSSR count). The van der Waals surface area contributed by atoms with Gasteiger partial charge in [0.25, 0.3) is 0 Å². The van der Waals surface area contributed by atoms with E-state index in [1.807, 2.05) is 13.8 Å². The minimum atomic E-state index is -4.45. The summed E-state index contributed by atoms with van der Waals surface area (Å²) in [4.78, 5) is 20.3. The fourth-order valence-corrected chi connectivity index (χ4v) is 3.17. The number of aliphatic imine (C=N–C) groups is 1. The van der Waals surface area contributed by atoms with Crippen LogP contribution in [-0.4, -0.2) is 80.6 Å². The summed E-state index contributed by atoms with van der Waals surface area (Å²) in [5.74, 6) is 0.487. The molecule has 0 spiro atoms. The highest BCUT2D eigenvalue weighted by Gasteiger charge is 2.34. The summed E-state index contributed by atoms with van der Waals surface area (Å²) in [6.07, 6.45) is -4.45. The Morgan fingerprint density at radius 3 is 2.42 bits per heavy atom. The van der Waals surface area contributed by atoms with Crippen LogP contribution in [0.25, 0.3) is 0 Å². The summed E-state index contributed by atoms with van der Waals surface area (Å²) < 4.78 is 44.3. The van der Waals surface area contributed by atoms with Crippen LogP contribution >= 0.6 is 24.0 Å². The zero-order chi connectivity index (χ0) is 22.1. The maximum atomic E-state index is 13.0. The van der Waals surface area contributed by atoms with Crippen LogP contribution in [0.1, 0.15) is 19.4 Å². The van der Waals surface area contributed by atoms with Crippen LogP contribution in [0.15, 0.2) is 29.3 Å². The largest absolute Gasteiger partial charge is 0.491 e. The van der Waals surface area contributed by atoms with Crippen molar-refractivity contribution in [3.63, 3.8) is 0 Å². The van der Waals surface area contributed by atoms with E-state index in [1.54, 1.807) is 7.05 Å². The predicted octanol–water partition coefficient (Wildman–Crippen LogP) is 2.42. The monoisotopic (exact) mass is 557 g/mol. The van der Waals surface area contributed by atoms with Gasteiger partial charge in [0, 0.05) is 39.3 Å². The zero-order valence-electron chi connectivity index (χ0n) is 18.0. The molecule has 31 heavy (non-hydrogen) atoms. The lowest BCUT2D eigenvalue weighted by atomic mass is 10.2. The molecule has 0 bridgehead atoms. The number of benzene rings is 1. The first-order chi connectivity index (χ1) is 14.2. The molecule has 0 unspecified atom stereocenters. The second-order valence-corrected chi connectivity index (χ2v) is 7.30. The third-order valence-electron chi connectivity index (χ3n) is 4.54. The first-order valence-corrected chi connectivity index (χ1v) is 9.97. The van der Waals surface area contributed by atoms with E-state index in [-0.39, 0.29) is 48.3 Å². The summed E-state index contributed by atoms with van der Waals surface area (Å²) in [7, 11) is 1.66. The molecule has 1 aromatic carbocycles. The summed E-state index contributed by atoms with van der Waals surface area (Å²) in [6, 6.07) is 5.28. The highest BCUT2D eigenvalue weighted by molar-refractivity contribution is 14.0. The number of hydrogen-bond donors (Lipinski definition) is 2. The molecule has 7 nitrogen and oxygen atoms in total. The second kappa shape index (κ2) is 12.9. The molecule has 1 amide bonds. The Hall–Kier alpha value is -1.76. The maximum Gasteiger partial charge on any atom is 0.419 e. The normalized spacial score (nSPS) is 15.5. The molecule has 1 aliphatic heterocycles. The minimum Gasteiger partial charge on any atom is -0.491 e. The zero-order valence-corrected chi connectivity index (χ0v) is 20.4. The number of amides is 1. The third-order valence-corrected chi connectivity index (χ3v) is 4.54. The van der Waals surface area contributed by atoms with E-state index < -0.39 is 11.7 Å². The topological polar surface area (TPSA) is 69.2 Å². The Bertz CT molecular complexity index is 723. The van der Waals surface area contributed by atoms with E-state index in [0.717, 1.165) is 19.2 Å². The lowest BCUT2D eigenvalue weighted by Crippen LogP contribution is -2.54. The van der Waals surface area contributed by atoms with Crippen LogP contribution in [0.4, 0.5) is 13.2 Å². The Labute approximate surface area is 198 Å². The number of halogens is 4. The van der Waals surface area contributed by atoms with Crippen molar-refractivity contribution in [3.8, 4) is 5.75 Å². The quantitative estimate of drug-likeness (QED) is 0.234. The van der Waals surface area contributed by atoms with Crippen molar-refractivity contribution in [1.82, 2.24) is 20.4 Å². The van der Waals surface area contributed by atoms with Gasteiger partial charge < -0.3 is 20.3 Å². The number of carbonyl (C=O) groups is 1. The smallest absolute Gasteiger partial charge is 0.419 e. The van der Waals surface area contributed by atoms with Gasteiger partial charge in [-0.1, -0.05) is 12.1 Å². The average molecular weight is 557 g/mol. The van der Waals surface area contributed by atoms with Gasteiger partial charge in [-0.2, -0.15) is 13.2 Å². The van der Waals surface area contributed by atoms with Gasteiger partial charge in [0.15, 0.2) is 5.96 Å². The highest BCUT2D eigenvalue weighted by Crippen LogP contribution is 2.35. The van der Waals surface area contributed by atoms with Crippen LogP contribution in [0.5, 0.6) is 5.75 Å². The number of guanidine groups is 1. The Morgan fingerprint density at radius 2 is 1.84 bits per heavy atom. The summed E-state index contributed by atoms with van der Waals surface area (Å²) >= 11 is 0. The fourth-order valence-electron chi connectivity index (χ4n) is 3.17. The molecule has 1 heterocycles. The van der Waals surface area contributed by atoms with Gasteiger partial charge in [-0.25, -0.2) is 0 Å². The van der Waals surface area contributed by atoms with Crippen molar-refractivity contribution in [3.05, 3.63) is 29.8 Å². The lowest BCUT2D eigenvalue weighted by Gasteiger charge is -2.36. The molecule has 11 heteroatoms. The van der Waals surface area contributed by atoms with Crippen molar-refractivity contribution in [2.75, 3.05) is 52.9 Å². The van der Waals surface area contributed by atoms with E-state index in [1.165, 1.54) is 18.2 Å². The number of nitrogens with zero attached hydrogens (tertiary/aromatic N) is 3. The molecular formula is C20H31F3IN5O2. The summed E-state index contributed by atoms with van der Waals surface area (Å²) in [5, 5.41) is 6.00. The van der Waals surface area contributed by atoms with Gasteiger partial charge >= 0.3 is 6.18 Å². The summed E-state index contributed by atoms with van der Waals surface area (Å²) in [5.41, 5.74) is -0.785. The molecule has 0 radical (unpaired) electrons. The number of alkyl halides is 3. The standard InChI is InChI=1S/C20H30F3N5O2.HI/c1-15(2)26-18(29)14-27-9-11-28(12-10-27)19(24-3)25-8-13-30-17-7-5-4-6-16(17)20(21,22)23;/h4-7,15H,8-14H2,1-3H3,(H,24,25)(H,26,29);1H. The lowest BCUT2D eigenvalue weighted by molar-refractivity contribution is -0.139. The first-order valence-electron chi connectivity index (χ1n) is 9.97. The van der Waals surface area contributed by atoms with Crippen LogP contribution in [0.2, 0.25) is 0 Å². The number of para-hydroxylation sites is 1. The van der Waals surface area contributed by atoms with E-state index in [0.29, 0.717) is 32.1 Å². The molecule has 0 aliphatic carbocycles. The molecule has 0 atom stereocenters. The van der Waals surface area contributed by atoms with E-state index >= 15 is 0 Å². The molecule has 1 saturated heterocycles. The third kappa shape index (κ3) is 9.09. The fraction of sp³-hybridized carbons (Fsp3) is 0.600. The van der Waals surface area contributed by atoms with Gasteiger partial charge in [-0.15, -0.1) is 24.0 Å². The van der Waals surface area contributed by atoms with Crippen LogP contribution in [-0.2, 0) is 11.0 Å². The number of rotatable bonds is 7.